The molecule has 5 heteroatoms. The molecule has 0 aliphatic rings. The van der Waals surface area contributed by atoms with Crippen molar-refractivity contribution in [2.75, 3.05) is 0 Å². The Hall–Kier alpha value is -1.13. The van der Waals surface area contributed by atoms with Crippen molar-refractivity contribution in [3.8, 4) is 5.75 Å². The Bertz CT molecular complexity index is 590. The van der Waals surface area contributed by atoms with Gasteiger partial charge in [-0.2, -0.15) is 0 Å². The first kappa shape index (κ1) is 14.3. The van der Waals surface area contributed by atoms with E-state index in [-0.39, 0.29) is 6.61 Å². The van der Waals surface area contributed by atoms with Gasteiger partial charge in [-0.1, -0.05) is 33.6 Å². The van der Waals surface area contributed by atoms with Crippen molar-refractivity contribution in [1.29, 1.82) is 0 Å². The molecule has 100 valence electrons. The van der Waals surface area contributed by atoms with Crippen molar-refractivity contribution in [3.63, 3.8) is 0 Å². The van der Waals surface area contributed by atoms with Crippen molar-refractivity contribution in [2.24, 2.45) is 0 Å². The Kier molecular flexibility index (Phi) is 4.77. The second-order valence-electron chi connectivity index (χ2n) is 3.87. The zero-order valence-electron chi connectivity index (χ0n) is 9.80. The molecule has 0 aromatic heterocycles. The summed E-state index contributed by atoms with van der Waals surface area (Å²) < 4.78 is 31.8. The summed E-state index contributed by atoms with van der Waals surface area (Å²) in [7, 11) is 0. The van der Waals surface area contributed by atoms with E-state index in [1.807, 2.05) is 0 Å². The largest absolute Gasteiger partial charge is 0.488 e. The summed E-state index contributed by atoms with van der Waals surface area (Å²) >= 11 is 9.35. The summed E-state index contributed by atoms with van der Waals surface area (Å²) in [6.45, 7) is 0.0203. The highest BCUT2D eigenvalue weighted by Gasteiger charge is 2.09. The molecule has 0 unspecified atom stereocenters. The first-order valence-corrected chi connectivity index (χ1v) is 7.02. The topological polar surface area (TPSA) is 9.23 Å². The molecule has 19 heavy (non-hydrogen) atoms. The molecule has 0 bridgehead atoms. The summed E-state index contributed by atoms with van der Waals surface area (Å²) in [5.74, 6) is -0.652. The normalized spacial score (nSPS) is 10.5. The lowest BCUT2D eigenvalue weighted by Gasteiger charge is -2.11. The fraction of sp³-hybridized carbons (Fsp3) is 0.143. The lowest BCUT2D eigenvalue weighted by atomic mass is 10.2. The second-order valence-corrected chi connectivity index (χ2v) is 4.84. The van der Waals surface area contributed by atoms with Crippen LogP contribution >= 0.6 is 27.5 Å². The Morgan fingerprint density at radius 3 is 2.63 bits per heavy atom. The lowest BCUT2D eigenvalue weighted by molar-refractivity contribution is 0.297. The fourth-order valence-corrected chi connectivity index (χ4v) is 2.57. The van der Waals surface area contributed by atoms with Gasteiger partial charge in [-0.3, -0.25) is 0 Å². The van der Waals surface area contributed by atoms with Crippen LogP contribution in [0.15, 0.2) is 36.4 Å². The van der Waals surface area contributed by atoms with Crippen LogP contribution in [0, 0.1) is 11.6 Å². The number of alkyl halides is 1. The highest BCUT2D eigenvalue weighted by molar-refractivity contribution is 9.08. The molecule has 1 nitrogen and oxygen atoms in total. The van der Waals surface area contributed by atoms with Crippen LogP contribution in [0.3, 0.4) is 0 Å². The molecule has 0 atom stereocenters. The maximum atomic E-state index is 13.5. The van der Waals surface area contributed by atoms with E-state index in [9.17, 15) is 8.78 Å². The predicted molar refractivity (Wildman–Crippen MR) is 74.8 cm³/mol. The minimum absolute atomic E-state index is 0.0203. The van der Waals surface area contributed by atoms with Gasteiger partial charge in [-0.15, -0.1) is 0 Å². The summed E-state index contributed by atoms with van der Waals surface area (Å²) in [4.78, 5) is 0. The van der Waals surface area contributed by atoms with Crippen LogP contribution in [-0.4, -0.2) is 0 Å². The fourth-order valence-electron chi connectivity index (χ4n) is 1.60. The number of hydrogen-bond acceptors (Lipinski definition) is 1. The van der Waals surface area contributed by atoms with Crippen molar-refractivity contribution in [1.82, 2.24) is 0 Å². The highest BCUT2D eigenvalue weighted by Crippen LogP contribution is 2.29. The van der Waals surface area contributed by atoms with Crippen molar-refractivity contribution >= 4 is 27.5 Å². The van der Waals surface area contributed by atoms with Gasteiger partial charge >= 0.3 is 0 Å². The maximum Gasteiger partial charge on any atom is 0.132 e. The van der Waals surface area contributed by atoms with E-state index in [0.717, 1.165) is 11.6 Å². The first-order valence-electron chi connectivity index (χ1n) is 5.52. The molecule has 0 spiro atoms. The van der Waals surface area contributed by atoms with E-state index in [2.05, 4.69) is 15.9 Å². The van der Waals surface area contributed by atoms with E-state index in [1.54, 1.807) is 18.2 Å². The molecule has 0 amide bonds. The lowest BCUT2D eigenvalue weighted by Crippen LogP contribution is -2.01. The molecular weight excluding hydrogens is 338 g/mol. The molecular formula is C14H10BrClF2O. The van der Waals surface area contributed by atoms with Gasteiger partial charge in [-0.05, 0) is 24.3 Å². The van der Waals surface area contributed by atoms with Gasteiger partial charge in [0, 0.05) is 27.5 Å². The molecule has 0 N–H and O–H groups in total. The molecule has 0 heterocycles. The average Bonchev–Trinajstić information content (AvgIpc) is 2.38. The van der Waals surface area contributed by atoms with Crippen LogP contribution in [0.1, 0.15) is 11.1 Å². The third-order valence-corrected chi connectivity index (χ3v) is 3.52. The zero-order chi connectivity index (χ0) is 13.8. The predicted octanol–water partition coefficient (Wildman–Crippen LogP) is 5.09. The molecule has 0 aliphatic heterocycles. The molecule has 2 rings (SSSR count). The third-order valence-electron chi connectivity index (χ3n) is 2.61. The average molecular weight is 348 g/mol. The molecule has 0 saturated carbocycles. The SMILES string of the molecule is Fc1ccc(COc2cccc(Cl)c2CBr)c(F)c1. The summed E-state index contributed by atoms with van der Waals surface area (Å²) in [6.07, 6.45) is 0. The summed E-state index contributed by atoms with van der Waals surface area (Å²) in [6, 6.07) is 8.66. The molecule has 2 aromatic carbocycles. The molecule has 0 radical (unpaired) electrons. The Morgan fingerprint density at radius 2 is 1.95 bits per heavy atom. The first-order chi connectivity index (χ1) is 9.11. The highest BCUT2D eigenvalue weighted by atomic mass is 79.9. The van der Waals surface area contributed by atoms with Crippen LogP contribution in [0.25, 0.3) is 0 Å². The van der Waals surface area contributed by atoms with Gasteiger partial charge in [0.1, 0.15) is 24.0 Å². The Morgan fingerprint density at radius 1 is 1.16 bits per heavy atom. The zero-order valence-corrected chi connectivity index (χ0v) is 12.1. The van der Waals surface area contributed by atoms with E-state index >= 15 is 0 Å². The molecule has 0 aliphatic carbocycles. The number of benzene rings is 2. The van der Waals surface area contributed by atoms with Crippen LogP contribution in [0.2, 0.25) is 5.02 Å². The Labute approximate surface area is 123 Å². The monoisotopic (exact) mass is 346 g/mol. The van der Waals surface area contributed by atoms with Crippen molar-refractivity contribution in [2.45, 2.75) is 11.9 Å². The number of hydrogen-bond donors (Lipinski definition) is 0. The molecule has 0 fully saturated rings. The number of ether oxygens (including phenoxy) is 1. The summed E-state index contributed by atoms with van der Waals surface area (Å²) in [5.41, 5.74) is 1.09. The quantitative estimate of drug-likeness (QED) is 0.700. The number of halogens is 4. The van der Waals surface area contributed by atoms with Gasteiger partial charge in [0.15, 0.2) is 0 Å². The second kappa shape index (κ2) is 6.35. The number of rotatable bonds is 4. The minimum atomic E-state index is -0.623. The van der Waals surface area contributed by atoms with E-state index in [0.29, 0.717) is 21.7 Å². The van der Waals surface area contributed by atoms with Crippen molar-refractivity contribution in [3.05, 3.63) is 64.2 Å². The van der Waals surface area contributed by atoms with Gasteiger partial charge < -0.3 is 4.74 Å². The smallest absolute Gasteiger partial charge is 0.132 e. The van der Waals surface area contributed by atoms with Crippen LogP contribution in [-0.2, 0) is 11.9 Å². The van der Waals surface area contributed by atoms with E-state index in [4.69, 9.17) is 16.3 Å². The van der Waals surface area contributed by atoms with Gasteiger partial charge in [0.2, 0.25) is 0 Å². The van der Waals surface area contributed by atoms with E-state index in [1.165, 1.54) is 12.1 Å². The van der Waals surface area contributed by atoms with E-state index < -0.39 is 11.6 Å². The van der Waals surface area contributed by atoms with Crippen LogP contribution in [0.4, 0.5) is 8.78 Å². The van der Waals surface area contributed by atoms with Gasteiger partial charge in [0.25, 0.3) is 0 Å². The Balaban J connectivity index is 2.17. The summed E-state index contributed by atoms with van der Waals surface area (Å²) in [5, 5.41) is 1.11. The standard InChI is InChI=1S/C14H10BrClF2O/c15-7-11-12(16)2-1-3-14(11)19-8-9-4-5-10(17)6-13(9)18/h1-6H,7-8H2. The van der Waals surface area contributed by atoms with Crippen LogP contribution < -0.4 is 4.74 Å². The van der Waals surface area contributed by atoms with Crippen LogP contribution in [0.5, 0.6) is 5.75 Å². The molecule has 2 aromatic rings. The van der Waals surface area contributed by atoms with Crippen molar-refractivity contribution < 1.29 is 13.5 Å². The maximum absolute atomic E-state index is 13.5. The minimum Gasteiger partial charge on any atom is -0.488 e. The molecule has 0 saturated heterocycles. The van der Waals surface area contributed by atoms with Gasteiger partial charge in [0.05, 0.1) is 0 Å². The van der Waals surface area contributed by atoms with Gasteiger partial charge in [-0.25, -0.2) is 8.78 Å². The third kappa shape index (κ3) is 3.45.